The van der Waals surface area contributed by atoms with Crippen molar-refractivity contribution in [3.63, 3.8) is 0 Å². The van der Waals surface area contributed by atoms with Gasteiger partial charge in [-0.2, -0.15) is 0 Å². The lowest BCUT2D eigenvalue weighted by Crippen LogP contribution is -2.47. The molecule has 0 saturated carbocycles. The Morgan fingerprint density at radius 2 is 1.46 bits per heavy atom. The lowest BCUT2D eigenvalue weighted by Gasteiger charge is -2.37. The van der Waals surface area contributed by atoms with Gasteiger partial charge in [-0.15, -0.1) is 0 Å². The van der Waals surface area contributed by atoms with Gasteiger partial charge in [-0.25, -0.2) is 4.98 Å². The number of aryl methyl sites for hydroxylation is 1. The molecule has 2 aliphatic rings. The van der Waals surface area contributed by atoms with Gasteiger partial charge >= 0.3 is 0 Å². The number of aromatic nitrogens is 1. The van der Waals surface area contributed by atoms with E-state index in [2.05, 4.69) is 39.8 Å². The molecule has 26 heavy (non-hydrogen) atoms. The van der Waals surface area contributed by atoms with Crippen molar-refractivity contribution >= 4 is 22.9 Å². The number of nitrogens with zero attached hydrogens (tertiary/aromatic N) is 4. The minimum absolute atomic E-state index is 0.799. The number of hydrogen-bond donors (Lipinski definition) is 1. The van der Waals surface area contributed by atoms with Crippen molar-refractivity contribution in [3.8, 4) is 0 Å². The number of piperazine rings is 1. The highest BCUT2D eigenvalue weighted by Gasteiger charge is 2.20. The molecule has 6 heteroatoms. The Morgan fingerprint density at radius 3 is 2.12 bits per heavy atom. The number of hydrogen-bond acceptors (Lipinski definition) is 6. The molecule has 2 N–H and O–H groups in total. The number of rotatable bonds is 3. The molecule has 3 heterocycles. The minimum atomic E-state index is 0.799. The van der Waals surface area contributed by atoms with E-state index in [4.69, 9.17) is 15.5 Å². The molecular formula is C20H27N5O. The van der Waals surface area contributed by atoms with E-state index in [-0.39, 0.29) is 0 Å². The molecule has 2 aromatic rings. The van der Waals surface area contributed by atoms with Crippen LogP contribution in [0.15, 0.2) is 36.5 Å². The molecule has 2 aliphatic heterocycles. The maximum atomic E-state index is 5.79. The summed E-state index contributed by atoms with van der Waals surface area (Å²) in [4.78, 5) is 12.0. The predicted octanol–water partition coefficient (Wildman–Crippen LogP) is 2.14. The van der Waals surface area contributed by atoms with Crippen LogP contribution in [0.1, 0.15) is 5.56 Å². The zero-order valence-electron chi connectivity index (χ0n) is 15.4. The quantitative estimate of drug-likeness (QED) is 0.853. The van der Waals surface area contributed by atoms with E-state index in [1.807, 2.05) is 18.3 Å². The SMILES string of the molecule is Cc1cc(N2CCOCC2)cnc1N1CCN(c2ccc(N)cc2)CC1. The Balaban J connectivity index is 1.41. The first-order chi connectivity index (χ1) is 12.7. The van der Waals surface area contributed by atoms with Crippen LogP contribution in [0.4, 0.5) is 22.9 Å². The number of ether oxygens (including phenoxy) is 1. The van der Waals surface area contributed by atoms with Crippen molar-refractivity contribution in [1.29, 1.82) is 0 Å². The molecule has 0 unspecified atom stereocenters. The van der Waals surface area contributed by atoms with Crippen molar-refractivity contribution in [1.82, 2.24) is 4.98 Å². The van der Waals surface area contributed by atoms with Crippen molar-refractivity contribution in [3.05, 3.63) is 42.1 Å². The highest BCUT2D eigenvalue weighted by Crippen LogP contribution is 2.25. The molecule has 1 aromatic heterocycles. The molecular weight excluding hydrogens is 326 g/mol. The second kappa shape index (κ2) is 7.41. The van der Waals surface area contributed by atoms with Crippen LogP contribution in [0.5, 0.6) is 0 Å². The van der Waals surface area contributed by atoms with Gasteiger partial charge in [0.1, 0.15) is 5.82 Å². The molecule has 6 nitrogen and oxygen atoms in total. The normalized spacial score (nSPS) is 18.3. The number of nitrogens with two attached hydrogens (primary N) is 1. The molecule has 0 bridgehead atoms. The predicted molar refractivity (Wildman–Crippen MR) is 107 cm³/mol. The van der Waals surface area contributed by atoms with Crippen LogP contribution in [0.3, 0.4) is 0 Å². The van der Waals surface area contributed by atoms with Crippen LogP contribution in [0.25, 0.3) is 0 Å². The largest absolute Gasteiger partial charge is 0.399 e. The molecule has 0 radical (unpaired) electrons. The molecule has 0 atom stereocenters. The summed E-state index contributed by atoms with van der Waals surface area (Å²) in [7, 11) is 0. The van der Waals surface area contributed by atoms with Crippen molar-refractivity contribution in [2.75, 3.05) is 72.9 Å². The Kier molecular flexibility index (Phi) is 4.84. The number of pyridine rings is 1. The molecule has 2 saturated heterocycles. The summed E-state index contributed by atoms with van der Waals surface area (Å²) in [6.07, 6.45) is 2.01. The Morgan fingerprint density at radius 1 is 0.846 bits per heavy atom. The summed E-state index contributed by atoms with van der Waals surface area (Å²) in [5.41, 5.74) is 10.3. The second-order valence-corrected chi connectivity index (χ2v) is 7.00. The summed E-state index contributed by atoms with van der Waals surface area (Å²) < 4.78 is 5.44. The molecule has 2 fully saturated rings. The van der Waals surface area contributed by atoms with E-state index in [0.717, 1.165) is 64.0 Å². The van der Waals surface area contributed by atoms with E-state index >= 15 is 0 Å². The fourth-order valence-electron chi connectivity index (χ4n) is 3.74. The monoisotopic (exact) mass is 353 g/mol. The average molecular weight is 353 g/mol. The van der Waals surface area contributed by atoms with Crippen LogP contribution in [-0.2, 0) is 4.74 Å². The summed E-state index contributed by atoms with van der Waals surface area (Å²) in [5, 5.41) is 0. The summed E-state index contributed by atoms with van der Waals surface area (Å²) >= 11 is 0. The first-order valence-corrected chi connectivity index (χ1v) is 9.35. The van der Waals surface area contributed by atoms with Crippen LogP contribution in [0, 0.1) is 6.92 Å². The lowest BCUT2D eigenvalue weighted by molar-refractivity contribution is 0.122. The molecule has 0 spiro atoms. The summed E-state index contributed by atoms with van der Waals surface area (Å²) in [5.74, 6) is 1.11. The maximum absolute atomic E-state index is 5.79. The van der Waals surface area contributed by atoms with E-state index in [0.29, 0.717) is 0 Å². The Bertz CT molecular complexity index is 734. The lowest BCUT2D eigenvalue weighted by atomic mass is 10.2. The molecule has 1 aromatic carbocycles. The maximum Gasteiger partial charge on any atom is 0.131 e. The number of benzene rings is 1. The highest BCUT2D eigenvalue weighted by atomic mass is 16.5. The average Bonchev–Trinajstić information content (AvgIpc) is 2.69. The van der Waals surface area contributed by atoms with Gasteiger partial charge in [0.15, 0.2) is 0 Å². The molecule has 0 amide bonds. The molecule has 0 aliphatic carbocycles. The number of nitrogen functional groups attached to an aromatic ring is 1. The van der Waals surface area contributed by atoms with Crippen molar-refractivity contribution in [2.24, 2.45) is 0 Å². The van der Waals surface area contributed by atoms with Gasteiger partial charge < -0.3 is 25.2 Å². The topological polar surface area (TPSA) is 57.9 Å². The van der Waals surface area contributed by atoms with E-state index in [9.17, 15) is 0 Å². The fourth-order valence-corrected chi connectivity index (χ4v) is 3.74. The zero-order valence-corrected chi connectivity index (χ0v) is 15.4. The smallest absolute Gasteiger partial charge is 0.131 e. The summed E-state index contributed by atoms with van der Waals surface area (Å²) in [6, 6.07) is 10.4. The minimum Gasteiger partial charge on any atom is -0.399 e. The van der Waals surface area contributed by atoms with Gasteiger partial charge in [-0.3, -0.25) is 0 Å². The zero-order chi connectivity index (χ0) is 17.9. The van der Waals surface area contributed by atoms with Gasteiger partial charge in [0.25, 0.3) is 0 Å². The van der Waals surface area contributed by atoms with Gasteiger partial charge in [0.05, 0.1) is 25.1 Å². The van der Waals surface area contributed by atoms with Crippen molar-refractivity contribution in [2.45, 2.75) is 6.92 Å². The van der Waals surface area contributed by atoms with Gasteiger partial charge in [-0.1, -0.05) is 0 Å². The molecule has 4 rings (SSSR count). The van der Waals surface area contributed by atoms with Crippen LogP contribution >= 0.6 is 0 Å². The number of morpholine rings is 1. The van der Waals surface area contributed by atoms with E-state index < -0.39 is 0 Å². The Labute approximate surface area is 155 Å². The van der Waals surface area contributed by atoms with E-state index in [1.165, 1.54) is 16.9 Å². The first-order valence-electron chi connectivity index (χ1n) is 9.35. The van der Waals surface area contributed by atoms with Crippen LogP contribution in [0.2, 0.25) is 0 Å². The third kappa shape index (κ3) is 3.55. The first kappa shape index (κ1) is 17.0. The fraction of sp³-hybridized carbons (Fsp3) is 0.450. The Hall–Kier alpha value is -2.47. The highest BCUT2D eigenvalue weighted by molar-refractivity contribution is 5.58. The van der Waals surface area contributed by atoms with Crippen molar-refractivity contribution < 1.29 is 4.74 Å². The third-order valence-corrected chi connectivity index (χ3v) is 5.25. The van der Waals surface area contributed by atoms with Crippen LogP contribution < -0.4 is 20.4 Å². The van der Waals surface area contributed by atoms with Crippen LogP contribution in [-0.4, -0.2) is 57.5 Å². The third-order valence-electron chi connectivity index (χ3n) is 5.25. The second-order valence-electron chi connectivity index (χ2n) is 7.00. The van der Waals surface area contributed by atoms with Gasteiger partial charge in [0, 0.05) is 50.6 Å². The summed E-state index contributed by atoms with van der Waals surface area (Å²) in [6.45, 7) is 9.61. The standard InChI is InChI=1S/C20H27N5O/c1-16-14-19(24-10-12-26-13-11-24)15-22-20(16)25-8-6-23(7-9-25)18-4-2-17(21)3-5-18/h2-5,14-15H,6-13,21H2,1H3. The number of anilines is 4. The molecule has 138 valence electrons. The van der Waals surface area contributed by atoms with E-state index in [1.54, 1.807) is 0 Å². The van der Waals surface area contributed by atoms with Gasteiger partial charge in [0.2, 0.25) is 0 Å². The van der Waals surface area contributed by atoms with Gasteiger partial charge in [-0.05, 0) is 42.8 Å².